The van der Waals surface area contributed by atoms with Gasteiger partial charge < -0.3 is 5.32 Å². The number of nitrogens with one attached hydrogen (secondary N) is 2. The summed E-state index contributed by atoms with van der Waals surface area (Å²) in [5.74, 6) is -1.66. The first-order chi connectivity index (χ1) is 13.8. The van der Waals surface area contributed by atoms with E-state index in [-0.39, 0.29) is 21.6 Å². The molecule has 0 radical (unpaired) electrons. The van der Waals surface area contributed by atoms with Gasteiger partial charge in [-0.05, 0) is 49.2 Å². The van der Waals surface area contributed by atoms with Gasteiger partial charge in [0.05, 0.1) is 21.2 Å². The standard InChI is InChI=1S/C20H21Cl2FN2O3S/c21-13-7-9-17(22)19(11-13)24-20(26)16-12-15(8-10-18(16)23)29(27,28)25-14-5-3-1-2-4-6-14/h7-12,14,25H,1-6H2,(H,24,26). The molecule has 29 heavy (non-hydrogen) atoms. The van der Waals surface area contributed by atoms with Crippen LogP contribution < -0.4 is 10.0 Å². The molecule has 0 heterocycles. The molecule has 5 nitrogen and oxygen atoms in total. The predicted octanol–water partition coefficient (Wildman–Crippen LogP) is 5.39. The lowest BCUT2D eigenvalue weighted by atomic mass is 10.1. The molecule has 0 saturated heterocycles. The van der Waals surface area contributed by atoms with Gasteiger partial charge in [-0.2, -0.15) is 0 Å². The number of benzene rings is 2. The molecule has 1 amide bonds. The van der Waals surface area contributed by atoms with Crippen molar-refractivity contribution < 1.29 is 17.6 Å². The zero-order valence-electron chi connectivity index (χ0n) is 15.6. The number of rotatable bonds is 5. The van der Waals surface area contributed by atoms with Crippen molar-refractivity contribution >= 4 is 44.8 Å². The summed E-state index contributed by atoms with van der Waals surface area (Å²) in [5, 5.41) is 3.03. The number of sulfonamides is 1. The van der Waals surface area contributed by atoms with Gasteiger partial charge in [0.1, 0.15) is 5.82 Å². The second-order valence-corrected chi connectivity index (χ2v) is 9.59. The molecule has 0 aromatic heterocycles. The minimum Gasteiger partial charge on any atom is -0.320 e. The van der Waals surface area contributed by atoms with Crippen molar-refractivity contribution in [1.82, 2.24) is 4.72 Å². The van der Waals surface area contributed by atoms with Gasteiger partial charge >= 0.3 is 0 Å². The van der Waals surface area contributed by atoms with E-state index in [0.29, 0.717) is 5.02 Å². The third kappa shape index (κ3) is 5.69. The van der Waals surface area contributed by atoms with E-state index in [1.54, 1.807) is 6.07 Å². The van der Waals surface area contributed by atoms with Gasteiger partial charge in [0.25, 0.3) is 5.91 Å². The highest BCUT2D eigenvalue weighted by molar-refractivity contribution is 7.89. The van der Waals surface area contributed by atoms with E-state index in [1.165, 1.54) is 12.1 Å². The second kappa shape index (κ2) is 9.43. The minimum atomic E-state index is -3.88. The van der Waals surface area contributed by atoms with Gasteiger partial charge in [-0.25, -0.2) is 17.5 Å². The fraction of sp³-hybridized carbons (Fsp3) is 0.350. The zero-order chi connectivity index (χ0) is 21.0. The van der Waals surface area contributed by atoms with Crippen LogP contribution in [0.4, 0.5) is 10.1 Å². The van der Waals surface area contributed by atoms with E-state index in [4.69, 9.17) is 23.2 Å². The Kier molecular flexibility index (Phi) is 7.16. The molecular weight excluding hydrogens is 438 g/mol. The summed E-state index contributed by atoms with van der Waals surface area (Å²) in [4.78, 5) is 12.4. The van der Waals surface area contributed by atoms with E-state index in [2.05, 4.69) is 10.0 Å². The maximum atomic E-state index is 14.3. The SMILES string of the molecule is O=C(Nc1cc(Cl)ccc1Cl)c1cc(S(=O)(=O)NC2CCCCCC2)ccc1F. The van der Waals surface area contributed by atoms with E-state index < -0.39 is 27.3 Å². The third-order valence-corrected chi connectivity index (χ3v) is 6.93. The van der Waals surface area contributed by atoms with Crippen LogP contribution in [0.1, 0.15) is 48.9 Å². The summed E-state index contributed by atoms with van der Waals surface area (Å²) in [5.41, 5.74) is -0.196. The summed E-state index contributed by atoms with van der Waals surface area (Å²) in [7, 11) is -3.88. The summed E-state index contributed by atoms with van der Waals surface area (Å²) in [6.45, 7) is 0. The van der Waals surface area contributed by atoms with Crippen LogP contribution >= 0.6 is 23.2 Å². The molecule has 0 bridgehead atoms. The predicted molar refractivity (Wildman–Crippen MR) is 113 cm³/mol. The lowest BCUT2D eigenvalue weighted by Crippen LogP contribution is -2.34. The third-order valence-electron chi connectivity index (χ3n) is 4.85. The molecule has 3 rings (SSSR count). The highest BCUT2D eigenvalue weighted by Crippen LogP contribution is 2.27. The summed E-state index contributed by atoms with van der Waals surface area (Å²) >= 11 is 11.9. The van der Waals surface area contributed by atoms with Gasteiger partial charge in [-0.15, -0.1) is 0 Å². The molecule has 1 aliphatic rings. The Bertz CT molecular complexity index is 1010. The van der Waals surface area contributed by atoms with E-state index in [9.17, 15) is 17.6 Å². The Morgan fingerprint density at radius 2 is 1.69 bits per heavy atom. The topological polar surface area (TPSA) is 75.3 Å². The zero-order valence-corrected chi connectivity index (χ0v) is 17.9. The maximum absolute atomic E-state index is 14.3. The Morgan fingerprint density at radius 3 is 2.38 bits per heavy atom. The summed E-state index contributed by atoms with van der Waals surface area (Å²) in [6.07, 6.45) is 5.63. The fourth-order valence-corrected chi connectivity index (χ4v) is 4.98. The van der Waals surface area contributed by atoms with Crippen molar-refractivity contribution in [3.8, 4) is 0 Å². The molecular formula is C20H21Cl2FN2O3S. The molecule has 2 aromatic rings. The molecule has 0 unspecified atom stereocenters. The van der Waals surface area contributed by atoms with Crippen molar-refractivity contribution in [3.63, 3.8) is 0 Å². The van der Waals surface area contributed by atoms with Crippen LogP contribution in [0.2, 0.25) is 10.0 Å². The molecule has 0 spiro atoms. The highest BCUT2D eigenvalue weighted by atomic mass is 35.5. The molecule has 0 aliphatic heterocycles. The lowest BCUT2D eigenvalue weighted by Gasteiger charge is -2.17. The van der Waals surface area contributed by atoms with Crippen molar-refractivity contribution in [1.29, 1.82) is 0 Å². The molecule has 0 atom stereocenters. The molecule has 156 valence electrons. The maximum Gasteiger partial charge on any atom is 0.258 e. The van der Waals surface area contributed by atoms with Gasteiger partial charge in [-0.3, -0.25) is 4.79 Å². The van der Waals surface area contributed by atoms with Gasteiger partial charge in [0.2, 0.25) is 10.0 Å². The number of carbonyl (C=O) groups excluding carboxylic acids is 1. The first-order valence-corrected chi connectivity index (χ1v) is 11.6. The Hall–Kier alpha value is -1.67. The Balaban J connectivity index is 1.83. The molecule has 9 heteroatoms. The summed E-state index contributed by atoms with van der Waals surface area (Å²) in [6, 6.07) is 7.46. The van der Waals surface area contributed by atoms with Crippen molar-refractivity contribution in [3.05, 3.63) is 57.8 Å². The van der Waals surface area contributed by atoms with E-state index in [0.717, 1.165) is 56.7 Å². The smallest absolute Gasteiger partial charge is 0.258 e. The van der Waals surface area contributed by atoms with E-state index >= 15 is 0 Å². The number of carbonyl (C=O) groups is 1. The first-order valence-electron chi connectivity index (χ1n) is 9.34. The largest absolute Gasteiger partial charge is 0.320 e. The highest BCUT2D eigenvalue weighted by Gasteiger charge is 2.24. The number of hydrogen-bond donors (Lipinski definition) is 2. The van der Waals surface area contributed by atoms with Gasteiger partial charge in [-0.1, -0.05) is 48.9 Å². The van der Waals surface area contributed by atoms with E-state index in [1.807, 2.05) is 0 Å². The average molecular weight is 459 g/mol. The van der Waals surface area contributed by atoms with Crippen LogP contribution in [0.15, 0.2) is 41.3 Å². The Morgan fingerprint density at radius 1 is 1.00 bits per heavy atom. The fourth-order valence-electron chi connectivity index (χ4n) is 3.31. The van der Waals surface area contributed by atoms with Gasteiger partial charge in [0, 0.05) is 11.1 Å². The molecule has 2 N–H and O–H groups in total. The van der Waals surface area contributed by atoms with Crippen LogP contribution in [-0.4, -0.2) is 20.4 Å². The van der Waals surface area contributed by atoms with Crippen molar-refractivity contribution in [2.75, 3.05) is 5.32 Å². The molecule has 1 fully saturated rings. The number of hydrogen-bond acceptors (Lipinski definition) is 3. The van der Waals surface area contributed by atoms with Crippen LogP contribution in [-0.2, 0) is 10.0 Å². The first kappa shape index (κ1) is 22.0. The summed E-state index contributed by atoms with van der Waals surface area (Å²) < 4.78 is 42.5. The Labute approximate surface area is 179 Å². The minimum absolute atomic E-state index is 0.157. The van der Waals surface area contributed by atoms with Crippen LogP contribution in [0.25, 0.3) is 0 Å². The monoisotopic (exact) mass is 458 g/mol. The van der Waals surface area contributed by atoms with Crippen LogP contribution in [0.3, 0.4) is 0 Å². The number of halogens is 3. The quantitative estimate of drug-likeness (QED) is 0.589. The second-order valence-electron chi connectivity index (χ2n) is 7.03. The van der Waals surface area contributed by atoms with Crippen LogP contribution in [0, 0.1) is 5.82 Å². The van der Waals surface area contributed by atoms with Crippen LogP contribution in [0.5, 0.6) is 0 Å². The molecule has 1 saturated carbocycles. The van der Waals surface area contributed by atoms with Crippen molar-refractivity contribution in [2.45, 2.75) is 49.5 Å². The molecule has 2 aromatic carbocycles. The van der Waals surface area contributed by atoms with Crippen molar-refractivity contribution in [2.24, 2.45) is 0 Å². The average Bonchev–Trinajstić information content (AvgIpc) is 2.93. The lowest BCUT2D eigenvalue weighted by molar-refractivity contribution is 0.102. The molecule has 1 aliphatic carbocycles. The number of anilines is 1. The van der Waals surface area contributed by atoms with Gasteiger partial charge in [0.15, 0.2) is 0 Å². The normalized spacial score (nSPS) is 15.7. The number of amides is 1.